The van der Waals surface area contributed by atoms with Gasteiger partial charge in [-0.1, -0.05) is 23.2 Å². The van der Waals surface area contributed by atoms with E-state index in [0.29, 0.717) is 17.1 Å². The second kappa shape index (κ2) is 7.26. The van der Waals surface area contributed by atoms with Crippen molar-refractivity contribution in [3.05, 3.63) is 27.7 Å². The Kier molecular flexibility index (Phi) is 5.88. The van der Waals surface area contributed by atoms with Gasteiger partial charge in [-0.2, -0.15) is 0 Å². The number of hydrogen-bond acceptors (Lipinski definition) is 3. The molecule has 21 heavy (non-hydrogen) atoms. The minimum absolute atomic E-state index is 0.0723. The van der Waals surface area contributed by atoms with E-state index in [4.69, 9.17) is 27.9 Å². The Bertz CT molecular complexity index is 602. The molecule has 5 nitrogen and oxygen atoms in total. The van der Waals surface area contributed by atoms with Crippen molar-refractivity contribution in [1.82, 2.24) is 4.72 Å². The fraction of sp³-hybridized carbons (Fsp3) is 0.538. The Morgan fingerprint density at radius 1 is 1.29 bits per heavy atom. The molecule has 0 aliphatic carbocycles. The first-order chi connectivity index (χ1) is 9.92. The number of benzene rings is 1. The van der Waals surface area contributed by atoms with Crippen molar-refractivity contribution in [1.29, 1.82) is 0 Å². The fourth-order valence-electron chi connectivity index (χ4n) is 2.19. The van der Waals surface area contributed by atoms with Crippen molar-refractivity contribution < 1.29 is 18.1 Å². The van der Waals surface area contributed by atoms with Crippen LogP contribution < -0.4 is 9.62 Å². The van der Waals surface area contributed by atoms with Gasteiger partial charge in [0, 0.05) is 5.02 Å². The van der Waals surface area contributed by atoms with Crippen LogP contribution in [0.25, 0.3) is 0 Å². The molecule has 1 aliphatic heterocycles. The number of halogens is 2. The van der Waals surface area contributed by atoms with E-state index in [1.807, 2.05) is 0 Å². The number of nitrogens with one attached hydrogen (secondary N) is 2. The molecule has 0 saturated carbocycles. The van der Waals surface area contributed by atoms with Gasteiger partial charge in [-0.25, -0.2) is 13.1 Å². The summed E-state index contributed by atoms with van der Waals surface area (Å²) in [6.45, 7) is 6.06. The number of quaternary nitrogens is 1. The first kappa shape index (κ1) is 17.0. The molecule has 0 atom stereocenters. The van der Waals surface area contributed by atoms with Gasteiger partial charge in [-0.15, -0.1) is 0 Å². The molecule has 1 heterocycles. The van der Waals surface area contributed by atoms with E-state index in [2.05, 4.69) is 4.72 Å². The quantitative estimate of drug-likeness (QED) is 0.810. The molecule has 1 aliphatic rings. The van der Waals surface area contributed by atoms with E-state index in [0.717, 1.165) is 32.8 Å². The van der Waals surface area contributed by atoms with Gasteiger partial charge in [0.1, 0.15) is 18.0 Å². The molecule has 8 heteroatoms. The standard InChI is InChI=1S/C13H18Cl2N2O3S/c1-10-11(14)2-3-12(13(10)15)21(18,19)16-4-5-17-6-8-20-9-7-17/h2-3,16H,4-9H2,1H3/p+1. The molecule has 0 amide bonds. The van der Waals surface area contributed by atoms with Crippen LogP contribution in [0.1, 0.15) is 5.56 Å². The molecule has 0 spiro atoms. The molecule has 2 N–H and O–H groups in total. The Morgan fingerprint density at radius 2 is 1.95 bits per heavy atom. The van der Waals surface area contributed by atoms with Crippen LogP contribution in [0.3, 0.4) is 0 Å². The highest BCUT2D eigenvalue weighted by Gasteiger charge is 2.21. The van der Waals surface area contributed by atoms with Crippen molar-refractivity contribution in [3.8, 4) is 0 Å². The van der Waals surface area contributed by atoms with Gasteiger partial charge in [-0.3, -0.25) is 0 Å². The summed E-state index contributed by atoms with van der Waals surface area (Å²) in [7, 11) is -3.62. The predicted octanol–water partition coefficient (Wildman–Crippen LogP) is 0.495. The van der Waals surface area contributed by atoms with Gasteiger partial charge in [0.2, 0.25) is 10.0 Å². The summed E-state index contributed by atoms with van der Waals surface area (Å²) in [6.07, 6.45) is 0. The van der Waals surface area contributed by atoms with Gasteiger partial charge in [0.15, 0.2) is 0 Å². The molecule has 0 aromatic heterocycles. The Morgan fingerprint density at radius 3 is 2.62 bits per heavy atom. The average molecular weight is 354 g/mol. The molecule has 2 rings (SSSR count). The smallest absolute Gasteiger partial charge is 0.242 e. The molecule has 1 saturated heterocycles. The van der Waals surface area contributed by atoms with Gasteiger partial charge in [0.25, 0.3) is 0 Å². The van der Waals surface area contributed by atoms with Crippen LogP contribution in [-0.4, -0.2) is 47.8 Å². The molecular weight excluding hydrogens is 335 g/mol. The molecular formula is C13H19Cl2N2O3S+. The lowest BCUT2D eigenvalue weighted by Gasteiger charge is -2.23. The van der Waals surface area contributed by atoms with E-state index in [9.17, 15) is 8.42 Å². The van der Waals surface area contributed by atoms with Gasteiger partial charge < -0.3 is 9.64 Å². The predicted molar refractivity (Wildman–Crippen MR) is 82.8 cm³/mol. The summed E-state index contributed by atoms with van der Waals surface area (Å²) in [6, 6.07) is 2.98. The van der Waals surface area contributed by atoms with Crippen LogP contribution in [0, 0.1) is 6.92 Å². The number of morpholine rings is 1. The minimum Gasteiger partial charge on any atom is -0.370 e. The number of rotatable bonds is 5. The minimum atomic E-state index is -3.62. The maximum Gasteiger partial charge on any atom is 0.242 e. The zero-order valence-electron chi connectivity index (χ0n) is 11.8. The summed E-state index contributed by atoms with van der Waals surface area (Å²) in [5.74, 6) is 0. The fourth-order valence-corrected chi connectivity index (χ4v) is 4.03. The summed E-state index contributed by atoms with van der Waals surface area (Å²) in [4.78, 5) is 1.41. The van der Waals surface area contributed by atoms with Crippen molar-refractivity contribution in [2.75, 3.05) is 39.4 Å². The molecule has 0 bridgehead atoms. The third-order valence-electron chi connectivity index (χ3n) is 3.54. The molecule has 1 aromatic rings. The molecule has 1 fully saturated rings. The number of sulfonamides is 1. The third-order valence-corrected chi connectivity index (χ3v) is 6.06. The molecule has 118 valence electrons. The Hall–Kier alpha value is -0.370. The number of ether oxygens (including phenoxy) is 1. The van der Waals surface area contributed by atoms with Gasteiger partial charge >= 0.3 is 0 Å². The van der Waals surface area contributed by atoms with E-state index in [1.165, 1.54) is 11.0 Å². The molecule has 0 radical (unpaired) electrons. The summed E-state index contributed by atoms with van der Waals surface area (Å²) < 4.78 is 32.4. The lowest BCUT2D eigenvalue weighted by Crippen LogP contribution is -3.14. The van der Waals surface area contributed by atoms with Crippen LogP contribution in [0.5, 0.6) is 0 Å². The van der Waals surface area contributed by atoms with Crippen LogP contribution in [-0.2, 0) is 14.8 Å². The topological polar surface area (TPSA) is 59.8 Å². The van der Waals surface area contributed by atoms with E-state index in [-0.39, 0.29) is 9.92 Å². The van der Waals surface area contributed by atoms with Crippen LogP contribution >= 0.6 is 23.2 Å². The zero-order valence-corrected chi connectivity index (χ0v) is 14.1. The normalized spacial score (nSPS) is 17.1. The van der Waals surface area contributed by atoms with Crippen LogP contribution in [0.15, 0.2) is 17.0 Å². The summed E-state index contributed by atoms with van der Waals surface area (Å²) in [5, 5.41) is 0.630. The zero-order chi connectivity index (χ0) is 15.5. The average Bonchev–Trinajstić information content (AvgIpc) is 2.45. The second-order valence-electron chi connectivity index (χ2n) is 4.99. The SMILES string of the molecule is Cc1c(Cl)ccc(S(=O)(=O)NCC[NH+]2CCOCC2)c1Cl. The summed E-state index contributed by atoms with van der Waals surface area (Å²) >= 11 is 12.0. The van der Waals surface area contributed by atoms with Crippen molar-refractivity contribution in [2.24, 2.45) is 0 Å². The first-order valence-corrected chi connectivity index (χ1v) is 9.01. The Labute approximate surface area is 135 Å². The highest BCUT2D eigenvalue weighted by atomic mass is 35.5. The van der Waals surface area contributed by atoms with Crippen LogP contribution in [0.2, 0.25) is 10.0 Å². The third kappa shape index (κ3) is 4.31. The lowest BCUT2D eigenvalue weighted by molar-refractivity contribution is -0.906. The largest absolute Gasteiger partial charge is 0.370 e. The Balaban J connectivity index is 2.00. The number of hydrogen-bond donors (Lipinski definition) is 2. The van der Waals surface area contributed by atoms with E-state index < -0.39 is 10.0 Å². The summed E-state index contributed by atoms with van der Waals surface area (Å²) in [5.41, 5.74) is 0.569. The lowest BCUT2D eigenvalue weighted by atomic mass is 10.2. The maximum absolute atomic E-state index is 12.3. The van der Waals surface area contributed by atoms with Crippen molar-refractivity contribution in [2.45, 2.75) is 11.8 Å². The van der Waals surface area contributed by atoms with E-state index in [1.54, 1.807) is 13.0 Å². The van der Waals surface area contributed by atoms with Gasteiger partial charge in [0.05, 0.1) is 31.3 Å². The van der Waals surface area contributed by atoms with Crippen LogP contribution in [0.4, 0.5) is 0 Å². The van der Waals surface area contributed by atoms with Crippen molar-refractivity contribution in [3.63, 3.8) is 0 Å². The first-order valence-electron chi connectivity index (χ1n) is 6.77. The molecule has 1 aromatic carbocycles. The highest BCUT2D eigenvalue weighted by Crippen LogP contribution is 2.29. The second-order valence-corrected chi connectivity index (χ2v) is 7.52. The van der Waals surface area contributed by atoms with Gasteiger partial charge in [-0.05, 0) is 24.6 Å². The highest BCUT2D eigenvalue weighted by molar-refractivity contribution is 7.89. The molecule has 0 unspecified atom stereocenters. The maximum atomic E-state index is 12.3. The van der Waals surface area contributed by atoms with E-state index >= 15 is 0 Å². The monoisotopic (exact) mass is 353 g/mol. The van der Waals surface area contributed by atoms with Crippen molar-refractivity contribution >= 4 is 33.2 Å².